The monoisotopic (exact) mass is 433 g/mol. The molecule has 2 N–H and O–H groups in total. The lowest BCUT2D eigenvalue weighted by atomic mass is 10.1. The number of aryl methyl sites for hydroxylation is 1. The number of hydrogen-bond acceptors (Lipinski definition) is 5. The largest absolute Gasteiger partial charge is 0.455 e. The van der Waals surface area contributed by atoms with Gasteiger partial charge in [-0.15, -0.1) is 0 Å². The number of nitrogens with one attached hydrogen (secondary N) is 2. The van der Waals surface area contributed by atoms with Crippen molar-refractivity contribution in [3.63, 3.8) is 0 Å². The molecule has 32 heavy (non-hydrogen) atoms. The van der Waals surface area contributed by atoms with E-state index in [1.807, 2.05) is 31.2 Å². The Morgan fingerprint density at radius 1 is 1.03 bits per heavy atom. The zero-order chi connectivity index (χ0) is 23.1. The normalized spacial score (nSPS) is 10.9. The summed E-state index contributed by atoms with van der Waals surface area (Å²) in [6.45, 7) is 7.59. The number of pyridine rings is 1. The molecular weight excluding hydrogens is 406 g/mol. The summed E-state index contributed by atoms with van der Waals surface area (Å²) in [4.78, 5) is 28.7. The van der Waals surface area contributed by atoms with E-state index in [0.29, 0.717) is 22.7 Å². The van der Waals surface area contributed by atoms with Crippen molar-refractivity contribution >= 4 is 17.7 Å². The fourth-order valence-corrected chi connectivity index (χ4v) is 2.84. The number of rotatable bonds is 6. The summed E-state index contributed by atoms with van der Waals surface area (Å²) in [5, 5.41) is 5.58. The van der Waals surface area contributed by atoms with E-state index in [1.54, 1.807) is 63.5 Å². The van der Waals surface area contributed by atoms with Crippen molar-refractivity contribution in [2.45, 2.75) is 39.8 Å². The fourth-order valence-electron chi connectivity index (χ4n) is 2.84. The molecule has 0 spiro atoms. The van der Waals surface area contributed by atoms with E-state index in [9.17, 15) is 9.59 Å². The van der Waals surface area contributed by atoms with Crippen LogP contribution in [0.15, 0.2) is 67.0 Å². The van der Waals surface area contributed by atoms with Gasteiger partial charge in [-0.2, -0.15) is 0 Å². The molecule has 0 aliphatic heterocycles. The first-order valence-corrected chi connectivity index (χ1v) is 10.3. The van der Waals surface area contributed by atoms with Crippen LogP contribution in [0.5, 0.6) is 11.5 Å². The highest BCUT2D eigenvalue weighted by atomic mass is 16.6. The molecule has 0 saturated heterocycles. The highest BCUT2D eigenvalue weighted by molar-refractivity contribution is 6.04. The average molecular weight is 434 g/mol. The SMILES string of the molecule is Cc1ccc(NC(=O)c2cccc(CNC(=O)OC(C)(C)C)c2)cc1Oc1cccnc1. The lowest BCUT2D eigenvalue weighted by molar-refractivity contribution is 0.0523. The molecule has 0 saturated carbocycles. The van der Waals surface area contributed by atoms with Crippen LogP contribution in [0.1, 0.15) is 42.3 Å². The first-order chi connectivity index (χ1) is 15.2. The molecule has 2 amide bonds. The maximum Gasteiger partial charge on any atom is 0.407 e. The molecule has 2 aromatic carbocycles. The maximum atomic E-state index is 12.8. The number of anilines is 1. The molecule has 0 aliphatic carbocycles. The van der Waals surface area contributed by atoms with Gasteiger partial charge in [0, 0.05) is 30.1 Å². The second-order valence-electron chi connectivity index (χ2n) is 8.28. The molecule has 0 radical (unpaired) electrons. The molecule has 1 heterocycles. The van der Waals surface area contributed by atoms with E-state index in [4.69, 9.17) is 9.47 Å². The van der Waals surface area contributed by atoms with Gasteiger partial charge in [0.15, 0.2) is 0 Å². The van der Waals surface area contributed by atoms with E-state index in [2.05, 4.69) is 15.6 Å². The van der Waals surface area contributed by atoms with E-state index in [-0.39, 0.29) is 12.5 Å². The number of ether oxygens (including phenoxy) is 2. The number of alkyl carbamates (subject to hydrolysis) is 1. The third-order valence-corrected chi connectivity index (χ3v) is 4.33. The molecule has 166 valence electrons. The van der Waals surface area contributed by atoms with Crippen LogP contribution in [0.4, 0.5) is 10.5 Å². The standard InChI is InChI=1S/C25H27N3O4/c1-17-10-11-20(14-22(17)31-21-9-6-12-26-16-21)28-23(29)19-8-5-7-18(13-19)15-27-24(30)32-25(2,3)4/h5-14,16H,15H2,1-4H3,(H,27,30)(H,28,29). The van der Waals surface area contributed by atoms with Crippen LogP contribution in [0, 0.1) is 6.92 Å². The van der Waals surface area contributed by atoms with Crippen LogP contribution in [0.25, 0.3) is 0 Å². The minimum atomic E-state index is -0.570. The van der Waals surface area contributed by atoms with Crippen LogP contribution in [-0.4, -0.2) is 22.6 Å². The molecule has 7 heteroatoms. The molecule has 0 aliphatic rings. The molecule has 1 aromatic heterocycles. The number of hydrogen-bond donors (Lipinski definition) is 2. The highest BCUT2D eigenvalue weighted by Crippen LogP contribution is 2.27. The molecular formula is C25H27N3O4. The van der Waals surface area contributed by atoms with Crippen molar-refractivity contribution in [3.8, 4) is 11.5 Å². The zero-order valence-corrected chi connectivity index (χ0v) is 18.6. The number of carbonyl (C=O) groups is 2. The lowest BCUT2D eigenvalue weighted by Crippen LogP contribution is -2.32. The van der Waals surface area contributed by atoms with Gasteiger partial charge in [-0.3, -0.25) is 9.78 Å². The van der Waals surface area contributed by atoms with Crippen molar-refractivity contribution in [2.75, 3.05) is 5.32 Å². The van der Waals surface area contributed by atoms with E-state index in [1.165, 1.54) is 0 Å². The van der Waals surface area contributed by atoms with Gasteiger partial charge in [-0.1, -0.05) is 18.2 Å². The number of carbonyl (C=O) groups excluding carboxylic acids is 2. The highest BCUT2D eigenvalue weighted by Gasteiger charge is 2.16. The number of nitrogens with zero attached hydrogens (tertiary/aromatic N) is 1. The second-order valence-corrected chi connectivity index (χ2v) is 8.28. The Morgan fingerprint density at radius 3 is 2.56 bits per heavy atom. The third-order valence-electron chi connectivity index (χ3n) is 4.33. The minimum absolute atomic E-state index is 0.254. The first kappa shape index (κ1) is 22.8. The van der Waals surface area contributed by atoms with Crippen LogP contribution >= 0.6 is 0 Å². The summed E-state index contributed by atoms with van der Waals surface area (Å²) in [6.07, 6.45) is 2.79. The van der Waals surface area contributed by atoms with Crippen molar-refractivity contribution in [1.82, 2.24) is 10.3 Å². The predicted molar refractivity (Wildman–Crippen MR) is 123 cm³/mol. The predicted octanol–water partition coefficient (Wildman–Crippen LogP) is 5.46. The van der Waals surface area contributed by atoms with Gasteiger partial charge in [-0.25, -0.2) is 4.79 Å². The number of amides is 2. The van der Waals surface area contributed by atoms with Crippen LogP contribution in [0.2, 0.25) is 0 Å². The van der Waals surface area contributed by atoms with Gasteiger partial charge in [0.1, 0.15) is 17.1 Å². The van der Waals surface area contributed by atoms with Gasteiger partial charge in [0.2, 0.25) is 0 Å². The molecule has 3 aromatic rings. The number of benzene rings is 2. The van der Waals surface area contributed by atoms with Crippen molar-refractivity contribution in [1.29, 1.82) is 0 Å². The van der Waals surface area contributed by atoms with Gasteiger partial charge >= 0.3 is 6.09 Å². The molecule has 0 fully saturated rings. The zero-order valence-electron chi connectivity index (χ0n) is 18.6. The summed E-state index contributed by atoms with van der Waals surface area (Å²) in [7, 11) is 0. The van der Waals surface area contributed by atoms with Gasteiger partial charge in [0.05, 0.1) is 6.20 Å². The summed E-state index contributed by atoms with van der Waals surface area (Å²) < 4.78 is 11.1. The topological polar surface area (TPSA) is 89.6 Å². The Labute approximate surface area is 187 Å². The fraction of sp³-hybridized carbons (Fsp3) is 0.240. The average Bonchev–Trinajstić information content (AvgIpc) is 2.74. The van der Waals surface area contributed by atoms with Gasteiger partial charge in [0.25, 0.3) is 5.91 Å². The van der Waals surface area contributed by atoms with E-state index < -0.39 is 11.7 Å². The van der Waals surface area contributed by atoms with Crippen LogP contribution < -0.4 is 15.4 Å². The molecule has 0 bridgehead atoms. The molecule has 0 atom stereocenters. The van der Waals surface area contributed by atoms with Gasteiger partial charge < -0.3 is 20.1 Å². The van der Waals surface area contributed by atoms with E-state index >= 15 is 0 Å². The Hall–Kier alpha value is -3.87. The Bertz CT molecular complexity index is 1090. The molecule has 3 rings (SSSR count). The smallest absolute Gasteiger partial charge is 0.407 e. The summed E-state index contributed by atoms with van der Waals surface area (Å²) in [6, 6.07) is 16.1. The first-order valence-electron chi connectivity index (χ1n) is 10.3. The Kier molecular flexibility index (Phi) is 7.10. The number of aromatic nitrogens is 1. The summed E-state index contributed by atoms with van der Waals surface area (Å²) in [5.41, 5.74) is 2.23. The van der Waals surface area contributed by atoms with Crippen LogP contribution in [0.3, 0.4) is 0 Å². The lowest BCUT2D eigenvalue weighted by Gasteiger charge is -2.19. The minimum Gasteiger partial charge on any atom is -0.455 e. The Balaban J connectivity index is 1.65. The Morgan fingerprint density at radius 2 is 1.84 bits per heavy atom. The van der Waals surface area contributed by atoms with Crippen molar-refractivity contribution in [2.24, 2.45) is 0 Å². The van der Waals surface area contributed by atoms with Gasteiger partial charge in [-0.05, 0) is 69.2 Å². The maximum absolute atomic E-state index is 12.8. The second kappa shape index (κ2) is 9.96. The third kappa shape index (κ3) is 6.84. The quantitative estimate of drug-likeness (QED) is 0.539. The van der Waals surface area contributed by atoms with E-state index in [0.717, 1.165) is 11.1 Å². The van der Waals surface area contributed by atoms with Crippen LogP contribution in [-0.2, 0) is 11.3 Å². The van der Waals surface area contributed by atoms with Crippen molar-refractivity contribution in [3.05, 3.63) is 83.7 Å². The summed E-state index contributed by atoms with van der Waals surface area (Å²) in [5.74, 6) is 0.982. The molecule has 0 unspecified atom stereocenters. The molecule has 7 nitrogen and oxygen atoms in total. The summed E-state index contributed by atoms with van der Waals surface area (Å²) >= 11 is 0. The van der Waals surface area contributed by atoms with Crippen molar-refractivity contribution < 1.29 is 19.1 Å².